The van der Waals surface area contributed by atoms with Crippen LogP contribution < -0.4 is 10.6 Å². The molecule has 3 rings (SSSR count). The van der Waals surface area contributed by atoms with E-state index in [1.165, 1.54) is 4.90 Å². The molecule has 3 aromatic carbocycles. The van der Waals surface area contributed by atoms with Gasteiger partial charge >= 0.3 is 0 Å². The minimum absolute atomic E-state index is 0.0680. The maximum absolute atomic E-state index is 12.7. The van der Waals surface area contributed by atoms with Crippen molar-refractivity contribution in [2.75, 3.05) is 24.7 Å². The lowest BCUT2D eigenvalue weighted by atomic mass is 10.1. The van der Waals surface area contributed by atoms with Crippen LogP contribution >= 0.6 is 11.8 Å². The van der Waals surface area contributed by atoms with Crippen LogP contribution in [0.2, 0.25) is 0 Å². The molecule has 0 saturated carbocycles. The van der Waals surface area contributed by atoms with E-state index in [0.29, 0.717) is 22.5 Å². The van der Waals surface area contributed by atoms with E-state index in [-0.39, 0.29) is 17.1 Å². The normalized spacial score (nSPS) is 10.3. The van der Waals surface area contributed by atoms with E-state index >= 15 is 0 Å². The van der Waals surface area contributed by atoms with Crippen molar-refractivity contribution in [2.45, 2.75) is 11.8 Å². The third-order valence-corrected chi connectivity index (χ3v) is 5.51. The lowest BCUT2D eigenvalue weighted by molar-refractivity contribution is 0.101. The molecule has 0 aliphatic rings. The maximum atomic E-state index is 12.7. The molecule has 0 aromatic heterocycles. The summed E-state index contributed by atoms with van der Waals surface area (Å²) in [5.41, 5.74) is 3.02. The second-order valence-corrected chi connectivity index (χ2v) is 8.12. The van der Waals surface area contributed by atoms with E-state index < -0.39 is 0 Å². The molecule has 0 aliphatic carbocycles. The fourth-order valence-electron chi connectivity index (χ4n) is 2.68. The second kappa shape index (κ2) is 9.95. The zero-order chi connectivity index (χ0) is 22.4. The summed E-state index contributed by atoms with van der Waals surface area (Å²) < 4.78 is 0. The highest BCUT2D eigenvalue weighted by molar-refractivity contribution is 8.13. The number of anilines is 2. The fraction of sp³-hybridized carbons (Fsp3) is 0.125. The van der Waals surface area contributed by atoms with E-state index in [2.05, 4.69) is 10.6 Å². The van der Waals surface area contributed by atoms with Crippen LogP contribution in [0, 0.1) is 6.92 Å². The number of thioether (sulfide) groups is 1. The van der Waals surface area contributed by atoms with Crippen LogP contribution in [0.1, 0.15) is 26.3 Å². The van der Waals surface area contributed by atoms with Gasteiger partial charge in [0.05, 0.1) is 0 Å². The van der Waals surface area contributed by atoms with E-state index in [1.807, 2.05) is 13.0 Å². The predicted molar refractivity (Wildman–Crippen MR) is 125 cm³/mol. The minimum atomic E-state index is -0.292. The van der Waals surface area contributed by atoms with Crippen LogP contribution in [0.5, 0.6) is 0 Å². The van der Waals surface area contributed by atoms with Gasteiger partial charge in [0.2, 0.25) is 0 Å². The van der Waals surface area contributed by atoms with Gasteiger partial charge in [0.15, 0.2) is 0 Å². The third kappa shape index (κ3) is 5.96. The molecular weight excluding hydrogens is 410 g/mol. The SMILES string of the molecule is Cc1ccc(C(=O)Nc2ccc(SC(=O)N(C)C)cc2)cc1NC(=O)c1ccccc1. The highest BCUT2D eigenvalue weighted by atomic mass is 32.2. The summed E-state index contributed by atoms with van der Waals surface area (Å²) in [7, 11) is 3.39. The van der Waals surface area contributed by atoms with Crippen molar-refractivity contribution in [2.24, 2.45) is 0 Å². The Morgan fingerprint density at radius 2 is 1.42 bits per heavy atom. The summed E-state index contributed by atoms with van der Waals surface area (Å²) in [6.07, 6.45) is 0. The van der Waals surface area contributed by atoms with Gasteiger partial charge in [-0.25, -0.2) is 0 Å². The Morgan fingerprint density at radius 1 is 0.774 bits per heavy atom. The molecule has 158 valence electrons. The first-order valence-electron chi connectivity index (χ1n) is 9.61. The largest absolute Gasteiger partial charge is 0.339 e. The monoisotopic (exact) mass is 433 g/mol. The Bertz CT molecular complexity index is 1100. The quantitative estimate of drug-likeness (QED) is 0.537. The Morgan fingerprint density at radius 3 is 2.06 bits per heavy atom. The molecule has 31 heavy (non-hydrogen) atoms. The summed E-state index contributed by atoms with van der Waals surface area (Å²) in [5.74, 6) is -0.526. The van der Waals surface area contributed by atoms with Crippen LogP contribution in [-0.2, 0) is 0 Å². The topological polar surface area (TPSA) is 78.5 Å². The van der Waals surface area contributed by atoms with E-state index in [4.69, 9.17) is 0 Å². The molecule has 0 unspecified atom stereocenters. The van der Waals surface area contributed by atoms with Gasteiger partial charge in [-0.05, 0) is 72.8 Å². The molecular formula is C24H23N3O3S. The van der Waals surface area contributed by atoms with Gasteiger partial charge in [0.25, 0.3) is 17.1 Å². The molecule has 0 saturated heterocycles. The fourth-order valence-corrected chi connectivity index (χ4v) is 3.34. The second-order valence-electron chi connectivity index (χ2n) is 7.09. The Balaban J connectivity index is 1.69. The predicted octanol–water partition coefficient (Wildman–Crippen LogP) is 5.27. The molecule has 0 atom stereocenters. The number of hydrogen-bond acceptors (Lipinski definition) is 4. The van der Waals surface area contributed by atoms with Gasteiger partial charge in [-0.3, -0.25) is 14.4 Å². The lowest BCUT2D eigenvalue weighted by Crippen LogP contribution is -2.16. The zero-order valence-electron chi connectivity index (χ0n) is 17.5. The molecule has 2 N–H and O–H groups in total. The van der Waals surface area contributed by atoms with Crippen LogP contribution in [0.25, 0.3) is 0 Å². The van der Waals surface area contributed by atoms with Crippen molar-refractivity contribution >= 4 is 40.2 Å². The Kier molecular flexibility index (Phi) is 7.10. The lowest BCUT2D eigenvalue weighted by Gasteiger charge is -2.12. The molecule has 6 nitrogen and oxygen atoms in total. The summed E-state index contributed by atoms with van der Waals surface area (Å²) >= 11 is 1.12. The number of nitrogens with one attached hydrogen (secondary N) is 2. The van der Waals surface area contributed by atoms with Crippen LogP contribution in [0.15, 0.2) is 77.7 Å². The zero-order valence-corrected chi connectivity index (χ0v) is 18.3. The van der Waals surface area contributed by atoms with Crippen molar-refractivity contribution < 1.29 is 14.4 Å². The first kappa shape index (κ1) is 22.1. The average Bonchev–Trinajstić information content (AvgIpc) is 2.77. The van der Waals surface area contributed by atoms with Gasteiger partial charge in [-0.2, -0.15) is 0 Å². The van der Waals surface area contributed by atoms with Crippen LogP contribution in [-0.4, -0.2) is 36.0 Å². The molecule has 0 radical (unpaired) electrons. The number of rotatable bonds is 5. The maximum Gasteiger partial charge on any atom is 0.285 e. The number of carbonyl (C=O) groups is 3. The first-order valence-corrected chi connectivity index (χ1v) is 10.4. The van der Waals surface area contributed by atoms with E-state index in [0.717, 1.165) is 22.2 Å². The summed E-state index contributed by atoms with van der Waals surface area (Å²) in [6.45, 7) is 1.87. The van der Waals surface area contributed by atoms with Gasteiger partial charge in [-0.15, -0.1) is 0 Å². The highest BCUT2D eigenvalue weighted by Crippen LogP contribution is 2.23. The number of carbonyl (C=O) groups excluding carboxylic acids is 3. The molecule has 0 spiro atoms. The number of nitrogens with zero attached hydrogens (tertiary/aromatic N) is 1. The van der Waals surface area contributed by atoms with Crippen molar-refractivity contribution in [3.8, 4) is 0 Å². The number of amides is 3. The van der Waals surface area contributed by atoms with Gasteiger partial charge in [0, 0.05) is 41.5 Å². The summed E-state index contributed by atoms with van der Waals surface area (Å²) in [5, 5.41) is 5.63. The van der Waals surface area contributed by atoms with Crippen LogP contribution in [0.3, 0.4) is 0 Å². The standard InChI is InChI=1S/C24H23N3O3S/c1-16-9-10-18(15-21(16)26-22(28)17-7-5-4-6-8-17)23(29)25-19-11-13-20(14-12-19)31-24(30)27(2)3/h4-15H,1-3H3,(H,25,29)(H,26,28). The third-order valence-electron chi connectivity index (χ3n) is 4.47. The van der Waals surface area contributed by atoms with Crippen molar-refractivity contribution in [3.63, 3.8) is 0 Å². The average molecular weight is 434 g/mol. The minimum Gasteiger partial charge on any atom is -0.339 e. The van der Waals surface area contributed by atoms with Crippen molar-refractivity contribution in [1.29, 1.82) is 0 Å². The molecule has 3 aromatic rings. The first-order chi connectivity index (χ1) is 14.8. The van der Waals surface area contributed by atoms with E-state index in [1.54, 1.807) is 80.8 Å². The molecule has 0 fully saturated rings. The van der Waals surface area contributed by atoms with E-state index in [9.17, 15) is 14.4 Å². The molecule has 3 amide bonds. The number of benzene rings is 3. The summed E-state index contributed by atoms with van der Waals surface area (Å²) in [6, 6.07) is 21.1. The van der Waals surface area contributed by atoms with Gasteiger partial charge in [0.1, 0.15) is 0 Å². The van der Waals surface area contributed by atoms with Gasteiger partial charge in [-0.1, -0.05) is 24.3 Å². The molecule has 0 aliphatic heterocycles. The van der Waals surface area contributed by atoms with Crippen molar-refractivity contribution in [1.82, 2.24) is 4.90 Å². The molecule has 0 bridgehead atoms. The number of aryl methyl sites for hydroxylation is 1. The highest BCUT2D eigenvalue weighted by Gasteiger charge is 2.12. The Hall–Kier alpha value is -3.58. The van der Waals surface area contributed by atoms with Gasteiger partial charge < -0.3 is 15.5 Å². The number of hydrogen-bond donors (Lipinski definition) is 2. The Labute approximate surface area is 185 Å². The molecule has 0 heterocycles. The molecule has 7 heteroatoms. The van der Waals surface area contributed by atoms with Crippen LogP contribution in [0.4, 0.5) is 16.2 Å². The summed E-state index contributed by atoms with van der Waals surface area (Å²) in [4.78, 5) is 39.2. The van der Waals surface area contributed by atoms with Crippen molar-refractivity contribution in [3.05, 3.63) is 89.5 Å². The smallest absolute Gasteiger partial charge is 0.285 e.